The SMILES string of the molecule is COc1ccc(CS[C@@H](C)[C@](C)(NC(=O)OCc2ccccc2)C(=O)OCc2ccccc2)cc1. The maximum atomic E-state index is 13.3. The summed E-state index contributed by atoms with van der Waals surface area (Å²) >= 11 is 1.54. The molecule has 3 rings (SSSR count). The quantitative estimate of drug-likeness (QED) is 0.343. The molecule has 0 saturated heterocycles. The summed E-state index contributed by atoms with van der Waals surface area (Å²) < 4.78 is 16.2. The van der Waals surface area contributed by atoms with Gasteiger partial charge in [0.25, 0.3) is 0 Å². The van der Waals surface area contributed by atoms with Crippen molar-refractivity contribution in [3.63, 3.8) is 0 Å². The van der Waals surface area contributed by atoms with E-state index in [-0.39, 0.29) is 18.5 Å². The molecule has 0 aliphatic heterocycles. The highest BCUT2D eigenvalue weighted by molar-refractivity contribution is 7.99. The maximum Gasteiger partial charge on any atom is 0.408 e. The van der Waals surface area contributed by atoms with Gasteiger partial charge in [0.2, 0.25) is 0 Å². The average Bonchev–Trinajstić information content (AvgIpc) is 2.90. The highest BCUT2D eigenvalue weighted by atomic mass is 32.2. The van der Waals surface area contributed by atoms with Crippen LogP contribution in [0.1, 0.15) is 30.5 Å². The molecule has 0 aliphatic carbocycles. The van der Waals surface area contributed by atoms with Crippen molar-refractivity contribution in [1.29, 1.82) is 0 Å². The van der Waals surface area contributed by atoms with Crippen LogP contribution in [0.25, 0.3) is 0 Å². The Balaban J connectivity index is 1.68. The van der Waals surface area contributed by atoms with Crippen molar-refractivity contribution in [2.75, 3.05) is 7.11 Å². The first-order chi connectivity index (χ1) is 16.9. The Bertz CT molecular complexity index is 1080. The molecule has 0 fully saturated rings. The molecular formula is C28H31NO5S. The van der Waals surface area contributed by atoms with Gasteiger partial charge in [-0.2, -0.15) is 11.8 Å². The molecule has 0 spiro atoms. The largest absolute Gasteiger partial charge is 0.497 e. The van der Waals surface area contributed by atoms with Crippen molar-refractivity contribution in [2.45, 2.75) is 43.6 Å². The summed E-state index contributed by atoms with van der Waals surface area (Å²) in [5.74, 6) is 0.907. The first-order valence-electron chi connectivity index (χ1n) is 11.4. The van der Waals surface area contributed by atoms with E-state index in [1.54, 1.807) is 25.8 Å². The van der Waals surface area contributed by atoms with E-state index in [0.29, 0.717) is 5.75 Å². The molecular weight excluding hydrogens is 462 g/mol. The molecule has 0 aromatic heterocycles. The Labute approximate surface area is 211 Å². The van der Waals surface area contributed by atoms with Gasteiger partial charge in [-0.05, 0) is 35.7 Å². The third-order valence-corrected chi connectivity index (χ3v) is 7.15. The number of alkyl carbamates (subject to hydrolysis) is 1. The van der Waals surface area contributed by atoms with Gasteiger partial charge in [0.15, 0.2) is 0 Å². The van der Waals surface area contributed by atoms with Crippen molar-refractivity contribution in [3.8, 4) is 5.75 Å². The topological polar surface area (TPSA) is 73.9 Å². The number of thioether (sulfide) groups is 1. The zero-order valence-electron chi connectivity index (χ0n) is 20.2. The fourth-order valence-corrected chi connectivity index (χ4v) is 4.40. The third kappa shape index (κ3) is 7.79. The average molecular weight is 494 g/mol. The second kappa shape index (κ2) is 12.9. The lowest BCUT2D eigenvalue weighted by atomic mass is 9.99. The fraction of sp³-hybridized carbons (Fsp3) is 0.286. The lowest BCUT2D eigenvalue weighted by Gasteiger charge is -2.33. The first kappa shape index (κ1) is 26.2. The minimum Gasteiger partial charge on any atom is -0.497 e. The van der Waals surface area contributed by atoms with Crippen molar-refractivity contribution in [1.82, 2.24) is 5.32 Å². The van der Waals surface area contributed by atoms with E-state index < -0.39 is 17.6 Å². The number of methoxy groups -OCH3 is 1. The van der Waals surface area contributed by atoms with E-state index in [4.69, 9.17) is 14.2 Å². The Morgan fingerprint density at radius 1 is 0.829 bits per heavy atom. The number of hydrogen-bond donors (Lipinski definition) is 1. The number of ether oxygens (including phenoxy) is 3. The molecule has 0 unspecified atom stereocenters. The number of hydrogen-bond acceptors (Lipinski definition) is 6. The van der Waals surface area contributed by atoms with Gasteiger partial charge in [-0.3, -0.25) is 0 Å². The lowest BCUT2D eigenvalue weighted by molar-refractivity contribution is -0.152. The second-order valence-corrected chi connectivity index (χ2v) is 9.58. The molecule has 3 aromatic carbocycles. The van der Waals surface area contributed by atoms with Gasteiger partial charge in [0.05, 0.1) is 7.11 Å². The zero-order valence-corrected chi connectivity index (χ0v) is 21.0. The Hall–Kier alpha value is -3.45. The molecule has 0 radical (unpaired) electrons. The normalized spacial score (nSPS) is 13.2. The summed E-state index contributed by atoms with van der Waals surface area (Å²) in [5.41, 5.74) is 1.50. The third-order valence-electron chi connectivity index (χ3n) is 5.68. The zero-order chi connectivity index (χ0) is 25.1. The molecule has 0 bridgehead atoms. The van der Waals surface area contributed by atoms with Crippen molar-refractivity contribution in [3.05, 3.63) is 102 Å². The van der Waals surface area contributed by atoms with Crippen molar-refractivity contribution < 1.29 is 23.8 Å². The highest BCUT2D eigenvalue weighted by Crippen LogP contribution is 2.29. The van der Waals surface area contributed by atoms with Gasteiger partial charge in [0.1, 0.15) is 24.5 Å². The molecule has 35 heavy (non-hydrogen) atoms. The fourth-order valence-electron chi connectivity index (χ4n) is 3.27. The van der Waals surface area contributed by atoms with Crippen LogP contribution >= 0.6 is 11.8 Å². The van der Waals surface area contributed by atoms with Gasteiger partial charge in [-0.15, -0.1) is 0 Å². The van der Waals surface area contributed by atoms with Gasteiger partial charge in [-0.1, -0.05) is 79.7 Å². The van der Waals surface area contributed by atoms with Gasteiger partial charge in [-0.25, -0.2) is 9.59 Å². The molecule has 0 aliphatic rings. The van der Waals surface area contributed by atoms with E-state index >= 15 is 0 Å². The van der Waals surface area contributed by atoms with Crippen LogP contribution in [0.3, 0.4) is 0 Å². The molecule has 0 heterocycles. The van der Waals surface area contributed by atoms with Gasteiger partial charge < -0.3 is 19.5 Å². The Morgan fingerprint density at radius 2 is 1.37 bits per heavy atom. The number of rotatable bonds is 11. The van der Waals surface area contributed by atoms with Crippen LogP contribution in [0.2, 0.25) is 0 Å². The van der Waals surface area contributed by atoms with Crippen LogP contribution in [0.5, 0.6) is 5.75 Å². The maximum absolute atomic E-state index is 13.3. The number of nitrogens with one attached hydrogen (secondary N) is 1. The van der Waals surface area contributed by atoms with E-state index in [9.17, 15) is 9.59 Å². The molecule has 7 heteroatoms. The highest BCUT2D eigenvalue weighted by Gasteiger charge is 2.43. The van der Waals surface area contributed by atoms with E-state index in [1.165, 1.54) is 0 Å². The van der Waals surface area contributed by atoms with Crippen molar-refractivity contribution >= 4 is 23.8 Å². The van der Waals surface area contributed by atoms with E-state index in [1.807, 2.05) is 91.9 Å². The lowest BCUT2D eigenvalue weighted by Crippen LogP contribution is -2.58. The monoisotopic (exact) mass is 493 g/mol. The smallest absolute Gasteiger partial charge is 0.408 e. The molecule has 1 amide bonds. The molecule has 6 nitrogen and oxygen atoms in total. The molecule has 3 aromatic rings. The standard InChI is InChI=1S/C28H31NO5S/c1-21(35-20-24-14-16-25(32-3)17-15-24)28(2,26(30)33-18-22-10-6-4-7-11-22)29-27(31)34-19-23-12-8-5-9-13-23/h4-17,21H,18-20H2,1-3H3,(H,29,31)/t21-,28-/m0/s1. The summed E-state index contributed by atoms with van der Waals surface area (Å²) in [6, 6.07) is 26.6. The van der Waals surface area contributed by atoms with E-state index in [0.717, 1.165) is 22.4 Å². The summed E-state index contributed by atoms with van der Waals surface area (Å²) in [6.45, 7) is 3.80. The predicted octanol–water partition coefficient (Wildman–Crippen LogP) is 5.75. The van der Waals surface area contributed by atoms with Crippen LogP contribution in [0, 0.1) is 0 Å². The number of benzene rings is 3. The number of esters is 1. The van der Waals surface area contributed by atoms with Gasteiger partial charge in [0, 0.05) is 11.0 Å². The number of amides is 1. The summed E-state index contributed by atoms with van der Waals surface area (Å²) in [6.07, 6.45) is -0.676. The van der Waals surface area contributed by atoms with E-state index in [2.05, 4.69) is 5.32 Å². The molecule has 2 atom stereocenters. The number of carbonyl (C=O) groups excluding carboxylic acids is 2. The summed E-state index contributed by atoms with van der Waals surface area (Å²) in [7, 11) is 1.63. The first-order valence-corrected chi connectivity index (χ1v) is 12.4. The molecule has 0 saturated carbocycles. The minimum absolute atomic E-state index is 0.106. The Morgan fingerprint density at radius 3 is 1.91 bits per heavy atom. The van der Waals surface area contributed by atoms with Gasteiger partial charge >= 0.3 is 12.1 Å². The van der Waals surface area contributed by atoms with Crippen LogP contribution in [-0.4, -0.2) is 30.0 Å². The van der Waals surface area contributed by atoms with Crippen LogP contribution in [0.15, 0.2) is 84.9 Å². The van der Waals surface area contributed by atoms with Crippen LogP contribution in [-0.2, 0) is 33.2 Å². The second-order valence-electron chi connectivity index (χ2n) is 8.25. The molecule has 184 valence electrons. The van der Waals surface area contributed by atoms with Crippen molar-refractivity contribution in [2.24, 2.45) is 0 Å². The summed E-state index contributed by atoms with van der Waals surface area (Å²) in [5, 5.41) is 2.47. The predicted molar refractivity (Wildman–Crippen MR) is 138 cm³/mol. The van der Waals surface area contributed by atoms with Crippen LogP contribution in [0.4, 0.5) is 4.79 Å². The molecule has 1 N–H and O–H groups in total. The van der Waals surface area contributed by atoms with Crippen LogP contribution < -0.4 is 10.1 Å². The Kier molecular flexibility index (Phi) is 9.61. The summed E-state index contributed by atoms with van der Waals surface area (Å²) in [4.78, 5) is 26.0. The minimum atomic E-state index is -1.31. The number of carbonyl (C=O) groups is 2.